The van der Waals surface area contributed by atoms with Crippen LogP contribution in [0.4, 0.5) is 0 Å². The van der Waals surface area contributed by atoms with E-state index in [1.54, 1.807) is 14.0 Å². The van der Waals surface area contributed by atoms with Crippen LogP contribution in [0, 0.1) is 0 Å². The van der Waals surface area contributed by atoms with Crippen LogP contribution in [0.5, 0.6) is 0 Å². The van der Waals surface area contributed by atoms with Gasteiger partial charge in [-0.2, -0.15) is 0 Å². The standard InChI is InChI=1S/C8H14O4/c1-3-12-8(10)7(9)5-4-6-11-2/h3-6H2,1-2H3. The predicted molar refractivity (Wildman–Crippen MR) is 42.8 cm³/mol. The number of carbonyl (C=O) groups excluding carboxylic acids is 2. The van der Waals surface area contributed by atoms with Crippen molar-refractivity contribution >= 4 is 11.8 Å². The van der Waals surface area contributed by atoms with Crippen LogP contribution in [0.25, 0.3) is 0 Å². The van der Waals surface area contributed by atoms with Crippen molar-refractivity contribution in [1.82, 2.24) is 0 Å². The minimum Gasteiger partial charge on any atom is -0.460 e. The molecule has 0 radical (unpaired) electrons. The van der Waals surface area contributed by atoms with E-state index in [-0.39, 0.29) is 13.0 Å². The maximum Gasteiger partial charge on any atom is 0.374 e. The van der Waals surface area contributed by atoms with Crippen molar-refractivity contribution in [2.75, 3.05) is 20.3 Å². The lowest BCUT2D eigenvalue weighted by molar-refractivity contribution is -0.153. The molecule has 0 unspecified atom stereocenters. The number of carbonyl (C=O) groups is 2. The van der Waals surface area contributed by atoms with Crippen molar-refractivity contribution in [3.05, 3.63) is 0 Å². The zero-order valence-electron chi connectivity index (χ0n) is 7.46. The van der Waals surface area contributed by atoms with Crippen LogP contribution >= 0.6 is 0 Å². The first-order chi connectivity index (χ1) is 5.72. The van der Waals surface area contributed by atoms with E-state index in [9.17, 15) is 9.59 Å². The van der Waals surface area contributed by atoms with E-state index in [0.717, 1.165) is 0 Å². The molecule has 70 valence electrons. The summed E-state index contributed by atoms with van der Waals surface area (Å²) in [7, 11) is 1.55. The van der Waals surface area contributed by atoms with Gasteiger partial charge in [-0.15, -0.1) is 0 Å². The molecule has 0 heterocycles. The van der Waals surface area contributed by atoms with Crippen molar-refractivity contribution in [3.63, 3.8) is 0 Å². The van der Waals surface area contributed by atoms with Crippen LogP contribution in [-0.4, -0.2) is 32.1 Å². The topological polar surface area (TPSA) is 52.6 Å². The van der Waals surface area contributed by atoms with Crippen LogP contribution in [0.3, 0.4) is 0 Å². The molecule has 0 atom stereocenters. The molecule has 4 heteroatoms. The van der Waals surface area contributed by atoms with Gasteiger partial charge in [0.25, 0.3) is 0 Å². The molecule has 0 spiro atoms. The molecule has 0 aliphatic rings. The second kappa shape index (κ2) is 6.79. The van der Waals surface area contributed by atoms with E-state index in [1.807, 2.05) is 0 Å². The number of ether oxygens (including phenoxy) is 2. The molecular formula is C8H14O4. The van der Waals surface area contributed by atoms with Gasteiger partial charge in [0, 0.05) is 20.1 Å². The average Bonchev–Trinajstić information content (AvgIpc) is 2.05. The Morgan fingerprint density at radius 1 is 1.33 bits per heavy atom. The predicted octanol–water partition coefficient (Wildman–Crippen LogP) is 0.545. The first-order valence-corrected chi connectivity index (χ1v) is 3.91. The molecule has 0 saturated heterocycles. The van der Waals surface area contributed by atoms with E-state index in [1.165, 1.54) is 0 Å². The summed E-state index contributed by atoms with van der Waals surface area (Å²) in [6, 6.07) is 0. The third-order valence-corrected chi connectivity index (χ3v) is 1.26. The Morgan fingerprint density at radius 3 is 2.50 bits per heavy atom. The fourth-order valence-corrected chi connectivity index (χ4v) is 0.691. The Labute approximate surface area is 71.8 Å². The number of Topliss-reactive ketones (excluding diaryl/α,β-unsaturated/α-hetero) is 1. The maximum atomic E-state index is 10.9. The molecule has 0 amide bonds. The van der Waals surface area contributed by atoms with E-state index >= 15 is 0 Å². The first-order valence-electron chi connectivity index (χ1n) is 3.91. The normalized spacial score (nSPS) is 9.50. The minimum absolute atomic E-state index is 0.201. The SMILES string of the molecule is CCOC(=O)C(=O)CCCOC. The quantitative estimate of drug-likeness (QED) is 0.335. The molecule has 0 fully saturated rings. The van der Waals surface area contributed by atoms with E-state index in [2.05, 4.69) is 4.74 Å². The van der Waals surface area contributed by atoms with Gasteiger partial charge in [0.1, 0.15) is 0 Å². The highest BCUT2D eigenvalue weighted by molar-refractivity contribution is 6.33. The number of rotatable bonds is 6. The third kappa shape index (κ3) is 4.85. The van der Waals surface area contributed by atoms with Crippen LogP contribution in [0.1, 0.15) is 19.8 Å². The number of esters is 1. The van der Waals surface area contributed by atoms with Gasteiger partial charge in [0.05, 0.1) is 6.61 Å². The van der Waals surface area contributed by atoms with Crippen molar-refractivity contribution in [3.8, 4) is 0 Å². The summed E-state index contributed by atoms with van der Waals surface area (Å²) in [5.74, 6) is -1.22. The van der Waals surface area contributed by atoms with Crippen molar-refractivity contribution < 1.29 is 19.1 Å². The Morgan fingerprint density at radius 2 is 2.00 bits per heavy atom. The number of ketones is 1. The molecule has 0 aromatic carbocycles. The fourth-order valence-electron chi connectivity index (χ4n) is 0.691. The second-order valence-corrected chi connectivity index (χ2v) is 2.24. The monoisotopic (exact) mass is 174 g/mol. The molecule has 0 aliphatic heterocycles. The van der Waals surface area contributed by atoms with E-state index in [0.29, 0.717) is 13.0 Å². The highest BCUT2D eigenvalue weighted by Crippen LogP contribution is 1.93. The van der Waals surface area contributed by atoms with Crippen molar-refractivity contribution in [2.24, 2.45) is 0 Å². The molecule has 0 rings (SSSR count). The zero-order valence-corrected chi connectivity index (χ0v) is 7.46. The van der Waals surface area contributed by atoms with Crippen molar-refractivity contribution in [2.45, 2.75) is 19.8 Å². The zero-order chi connectivity index (χ0) is 9.40. The van der Waals surface area contributed by atoms with Crippen molar-refractivity contribution in [1.29, 1.82) is 0 Å². The number of hydrogen-bond donors (Lipinski definition) is 0. The molecule has 0 N–H and O–H groups in total. The summed E-state index contributed by atoms with van der Waals surface area (Å²) in [5.41, 5.74) is 0. The van der Waals surface area contributed by atoms with Gasteiger partial charge >= 0.3 is 5.97 Å². The lowest BCUT2D eigenvalue weighted by Crippen LogP contribution is -2.17. The average molecular weight is 174 g/mol. The Kier molecular flexibility index (Phi) is 6.28. The summed E-state index contributed by atoms with van der Waals surface area (Å²) in [5, 5.41) is 0. The Bertz CT molecular complexity index is 153. The number of methoxy groups -OCH3 is 1. The number of hydrogen-bond acceptors (Lipinski definition) is 4. The summed E-state index contributed by atoms with van der Waals surface area (Å²) in [6.07, 6.45) is 0.765. The lowest BCUT2D eigenvalue weighted by Gasteiger charge is -1.99. The van der Waals surface area contributed by atoms with Gasteiger partial charge in [-0.1, -0.05) is 0 Å². The third-order valence-electron chi connectivity index (χ3n) is 1.26. The van der Waals surface area contributed by atoms with Gasteiger partial charge in [-0.05, 0) is 13.3 Å². The first kappa shape index (κ1) is 11.1. The summed E-state index contributed by atoms with van der Waals surface area (Å²) >= 11 is 0. The highest BCUT2D eigenvalue weighted by atomic mass is 16.5. The van der Waals surface area contributed by atoms with Gasteiger partial charge in [-0.3, -0.25) is 4.79 Å². The van der Waals surface area contributed by atoms with Gasteiger partial charge in [0.2, 0.25) is 5.78 Å². The van der Waals surface area contributed by atoms with Gasteiger partial charge < -0.3 is 9.47 Å². The van der Waals surface area contributed by atoms with Crippen LogP contribution < -0.4 is 0 Å². The largest absolute Gasteiger partial charge is 0.460 e. The van der Waals surface area contributed by atoms with E-state index < -0.39 is 11.8 Å². The lowest BCUT2D eigenvalue weighted by atomic mass is 10.2. The highest BCUT2D eigenvalue weighted by Gasteiger charge is 2.13. The molecule has 0 aromatic heterocycles. The Hall–Kier alpha value is -0.900. The molecule has 0 aromatic rings. The maximum absolute atomic E-state index is 10.9. The van der Waals surface area contributed by atoms with Crippen LogP contribution in [0.15, 0.2) is 0 Å². The molecular weight excluding hydrogens is 160 g/mol. The van der Waals surface area contributed by atoms with Crippen LogP contribution in [-0.2, 0) is 19.1 Å². The minimum atomic E-state index is -0.742. The molecule has 4 nitrogen and oxygen atoms in total. The molecule has 0 bridgehead atoms. The van der Waals surface area contributed by atoms with E-state index in [4.69, 9.17) is 4.74 Å². The summed E-state index contributed by atoms with van der Waals surface area (Å²) in [6.45, 7) is 2.40. The molecule has 0 saturated carbocycles. The summed E-state index contributed by atoms with van der Waals surface area (Å²) < 4.78 is 9.23. The van der Waals surface area contributed by atoms with Crippen LogP contribution in [0.2, 0.25) is 0 Å². The summed E-state index contributed by atoms with van der Waals surface area (Å²) in [4.78, 5) is 21.6. The van der Waals surface area contributed by atoms with Gasteiger partial charge in [-0.25, -0.2) is 4.79 Å². The van der Waals surface area contributed by atoms with Gasteiger partial charge in [0.15, 0.2) is 0 Å². The smallest absolute Gasteiger partial charge is 0.374 e. The Balaban J connectivity index is 3.50. The second-order valence-electron chi connectivity index (χ2n) is 2.24. The molecule has 0 aliphatic carbocycles. The molecule has 12 heavy (non-hydrogen) atoms. The fraction of sp³-hybridized carbons (Fsp3) is 0.750.